The van der Waals surface area contributed by atoms with Gasteiger partial charge >= 0.3 is 0 Å². The first-order valence-electron chi connectivity index (χ1n) is 5.99. The summed E-state index contributed by atoms with van der Waals surface area (Å²) in [7, 11) is 0. The van der Waals surface area contributed by atoms with E-state index in [1.54, 1.807) is 17.5 Å². The van der Waals surface area contributed by atoms with E-state index in [-0.39, 0.29) is 0 Å². The molecular weight excluding hydrogens is 400 g/mol. The van der Waals surface area contributed by atoms with E-state index in [0.29, 0.717) is 0 Å². The zero-order valence-electron chi connectivity index (χ0n) is 10.6. The van der Waals surface area contributed by atoms with Crippen molar-refractivity contribution in [2.24, 2.45) is 0 Å². The molecule has 2 aromatic heterocycles. The van der Waals surface area contributed by atoms with Crippen LogP contribution in [0, 0.1) is 6.92 Å². The van der Waals surface area contributed by atoms with Crippen LogP contribution >= 0.6 is 43.2 Å². The number of rotatable bonds is 2. The van der Waals surface area contributed by atoms with Crippen molar-refractivity contribution in [3.63, 3.8) is 0 Å². The molecule has 0 fully saturated rings. The third-order valence-electron chi connectivity index (χ3n) is 2.87. The summed E-state index contributed by atoms with van der Waals surface area (Å²) in [6.07, 6.45) is 1.80. The highest BCUT2D eigenvalue weighted by molar-refractivity contribution is 9.10. The van der Waals surface area contributed by atoms with Gasteiger partial charge in [-0.3, -0.25) is 4.98 Å². The normalized spacial score (nSPS) is 10.8. The highest BCUT2D eigenvalue weighted by Gasteiger charge is 2.13. The minimum atomic E-state index is 0.902. The van der Waals surface area contributed by atoms with Gasteiger partial charge in [0.2, 0.25) is 0 Å². The Morgan fingerprint density at radius 2 is 1.85 bits per heavy atom. The lowest BCUT2D eigenvalue weighted by Gasteiger charge is -2.01. The Hall–Kier alpha value is -1.04. The van der Waals surface area contributed by atoms with Gasteiger partial charge in [-0.05, 0) is 41.1 Å². The van der Waals surface area contributed by atoms with Gasteiger partial charge in [-0.1, -0.05) is 34.1 Å². The molecule has 1 aromatic carbocycles. The second-order valence-electron chi connectivity index (χ2n) is 4.27. The molecule has 100 valence electrons. The number of benzene rings is 1. The topological polar surface area (TPSA) is 25.8 Å². The zero-order chi connectivity index (χ0) is 14.1. The van der Waals surface area contributed by atoms with Crippen LogP contribution in [-0.4, -0.2) is 9.97 Å². The maximum absolute atomic E-state index is 4.75. The highest BCUT2D eigenvalue weighted by atomic mass is 79.9. The number of pyridine rings is 1. The van der Waals surface area contributed by atoms with Crippen molar-refractivity contribution < 1.29 is 0 Å². The number of thiazole rings is 1. The Labute approximate surface area is 138 Å². The average molecular weight is 410 g/mol. The SMILES string of the molecule is Cc1sc(-c2ccc(Br)cn2)nc1-c1ccccc1Br. The van der Waals surface area contributed by atoms with Gasteiger partial charge in [-0.15, -0.1) is 11.3 Å². The quantitative estimate of drug-likeness (QED) is 0.542. The second kappa shape index (κ2) is 5.76. The lowest BCUT2D eigenvalue weighted by Crippen LogP contribution is -1.84. The van der Waals surface area contributed by atoms with E-state index < -0.39 is 0 Å². The lowest BCUT2D eigenvalue weighted by molar-refractivity contribution is 1.27. The van der Waals surface area contributed by atoms with Crippen molar-refractivity contribution in [3.8, 4) is 22.0 Å². The van der Waals surface area contributed by atoms with Crippen LogP contribution in [0.15, 0.2) is 51.5 Å². The number of hydrogen-bond donors (Lipinski definition) is 0. The summed E-state index contributed by atoms with van der Waals surface area (Å²) in [6, 6.07) is 12.1. The van der Waals surface area contributed by atoms with Crippen molar-refractivity contribution in [1.29, 1.82) is 0 Å². The van der Waals surface area contributed by atoms with Gasteiger partial charge in [-0.2, -0.15) is 0 Å². The zero-order valence-corrected chi connectivity index (χ0v) is 14.6. The molecular formula is C15H10Br2N2S. The molecule has 0 aliphatic heterocycles. The standard InChI is InChI=1S/C15H10Br2N2S/c1-9-14(11-4-2-3-5-12(11)17)19-15(20-9)13-7-6-10(16)8-18-13/h2-8H,1H3. The Morgan fingerprint density at radius 1 is 1.05 bits per heavy atom. The summed E-state index contributed by atoms with van der Waals surface area (Å²) in [5, 5.41) is 0.945. The first kappa shape index (κ1) is 13.9. The molecule has 0 unspecified atom stereocenters. The molecule has 0 saturated heterocycles. The van der Waals surface area contributed by atoms with Crippen LogP contribution in [0.4, 0.5) is 0 Å². The smallest absolute Gasteiger partial charge is 0.142 e. The molecule has 3 aromatic rings. The van der Waals surface area contributed by atoms with Crippen LogP contribution < -0.4 is 0 Å². The molecule has 0 radical (unpaired) electrons. The molecule has 0 aliphatic carbocycles. The Kier molecular flexibility index (Phi) is 4.01. The second-order valence-corrected chi connectivity index (χ2v) is 7.24. The largest absolute Gasteiger partial charge is 0.253 e. The predicted octanol–water partition coefficient (Wildman–Crippen LogP) is 5.71. The number of halogens is 2. The van der Waals surface area contributed by atoms with Crippen LogP contribution in [0.2, 0.25) is 0 Å². The molecule has 0 saturated carbocycles. The first-order valence-corrected chi connectivity index (χ1v) is 8.39. The van der Waals surface area contributed by atoms with Crippen LogP contribution in [0.3, 0.4) is 0 Å². The van der Waals surface area contributed by atoms with Crippen molar-refractivity contribution >= 4 is 43.2 Å². The lowest BCUT2D eigenvalue weighted by atomic mass is 10.1. The van der Waals surface area contributed by atoms with E-state index in [2.05, 4.69) is 49.8 Å². The van der Waals surface area contributed by atoms with Crippen LogP contribution in [-0.2, 0) is 0 Å². The summed E-state index contributed by atoms with van der Waals surface area (Å²) >= 11 is 8.65. The minimum absolute atomic E-state index is 0.902. The van der Waals surface area contributed by atoms with E-state index >= 15 is 0 Å². The van der Waals surface area contributed by atoms with E-state index in [0.717, 1.165) is 30.9 Å². The molecule has 0 aliphatic rings. The molecule has 5 heteroatoms. The van der Waals surface area contributed by atoms with E-state index in [4.69, 9.17) is 4.98 Å². The molecule has 3 rings (SSSR count). The van der Waals surface area contributed by atoms with Gasteiger partial charge in [-0.25, -0.2) is 4.98 Å². The summed E-state index contributed by atoms with van der Waals surface area (Å²) in [5.41, 5.74) is 3.03. The number of nitrogens with zero attached hydrogens (tertiary/aromatic N) is 2. The van der Waals surface area contributed by atoms with Crippen molar-refractivity contribution in [2.75, 3.05) is 0 Å². The fourth-order valence-electron chi connectivity index (χ4n) is 1.91. The summed E-state index contributed by atoms with van der Waals surface area (Å²) in [5.74, 6) is 0. The highest BCUT2D eigenvalue weighted by Crippen LogP contribution is 2.35. The Morgan fingerprint density at radius 3 is 2.55 bits per heavy atom. The van der Waals surface area contributed by atoms with Crippen LogP contribution in [0.25, 0.3) is 22.0 Å². The van der Waals surface area contributed by atoms with Gasteiger partial charge < -0.3 is 0 Å². The van der Waals surface area contributed by atoms with Crippen LogP contribution in [0.1, 0.15) is 4.88 Å². The third-order valence-corrected chi connectivity index (χ3v) is 5.03. The molecule has 0 amide bonds. The van der Waals surface area contributed by atoms with Gasteiger partial charge in [0.25, 0.3) is 0 Å². The van der Waals surface area contributed by atoms with Crippen LogP contribution in [0.5, 0.6) is 0 Å². The molecule has 0 atom stereocenters. The minimum Gasteiger partial charge on any atom is -0.253 e. The maximum Gasteiger partial charge on any atom is 0.142 e. The Balaban J connectivity index is 2.08. The molecule has 20 heavy (non-hydrogen) atoms. The molecule has 2 nitrogen and oxygen atoms in total. The fourth-order valence-corrected chi connectivity index (χ4v) is 3.52. The van der Waals surface area contributed by atoms with E-state index in [1.807, 2.05) is 30.3 Å². The van der Waals surface area contributed by atoms with Gasteiger partial charge in [0.1, 0.15) is 5.01 Å². The summed E-state index contributed by atoms with van der Waals surface area (Å²) in [6.45, 7) is 2.09. The number of hydrogen-bond acceptors (Lipinski definition) is 3. The molecule has 0 N–H and O–H groups in total. The monoisotopic (exact) mass is 408 g/mol. The fraction of sp³-hybridized carbons (Fsp3) is 0.0667. The van der Waals surface area contributed by atoms with Crippen molar-refractivity contribution in [2.45, 2.75) is 6.92 Å². The van der Waals surface area contributed by atoms with Gasteiger partial charge in [0.05, 0.1) is 11.4 Å². The molecule has 2 heterocycles. The molecule has 0 bridgehead atoms. The molecule has 0 spiro atoms. The van der Waals surface area contributed by atoms with E-state index in [1.165, 1.54) is 4.88 Å². The van der Waals surface area contributed by atoms with Crippen molar-refractivity contribution in [1.82, 2.24) is 9.97 Å². The van der Waals surface area contributed by atoms with Crippen molar-refractivity contribution in [3.05, 3.63) is 56.4 Å². The van der Waals surface area contributed by atoms with E-state index in [9.17, 15) is 0 Å². The third kappa shape index (κ3) is 2.71. The summed E-state index contributed by atoms with van der Waals surface area (Å²) in [4.78, 5) is 10.4. The number of aryl methyl sites for hydroxylation is 1. The number of aromatic nitrogens is 2. The van der Waals surface area contributed by atoms with Gasteiger partial charge in [0, 0.05) is 25.6 Å². The average Bonchev–Trinajstić information content (AvgIpc) is 2.82. The maximum atomic E-state index is 4.75. The van der Waals surface area contributed by atoms with Gasteiger partial charge in [0.15, 0.2) is 0 Å². The predicted molar refractivity (Wildman–Crippen MR) is 90.9 cm³/mol. The Bertz CT molecular complexity index is 751. The first-order chi connectivity index (χ1) is 9.65. The summed E-state index contributed by atoms with van der Waals surface area (Å²) < 4.78 is 2.03.